The molecule has 6 nitrogen and oxygen atoms in total. The van der Waals surface area contributed by atoms with E-state index >= 15 is 0 Å². The van der Waals surface area contributed by atoms with E-state index in [1.54, 1.807) is 18.2 Å². The van der Waals surface area contributed by atoms with E-state index in [0.29, 0.717) is 12.0 Å². The average molecular weight is 583 g/mol. The lowest BCUT2D eigenvalue weighted by Crippen LogP contribution is -2.20. The molecule has 0 aliphatic heterocycles. The van der Waals surface area contributed by atoms with Crippen LogP contribution in [0.25, 0.3) is 0 Å². The standard InChI is InChI=1S/C36H54O6/c1-3-5-7-8-9-10-11-14-17-20-29-25-32(39)27-34(40)35(29)36(41)42-33(21-6-4-2)22-18-15-12-13-16-19-28-23-30(37)26-31(38)24-28/h7-8,23-27,33,37-40H,3-6,9-22H2,1-2H3/b8-7+. The quantitative estimate of drug-likeness (QED) is 0.0625. The molecular weight excluding hydrogens is 528 g/mol. The number of carbonyl (C=O) groups excluding carboxylic acids is 1. The van der Waals surface area contributed by atoms with Crippen LogP contribution in [-0.4, -0.2) is 32.5 Å². The van der Waals surface area contributed by atoms with E-state index in [4.69, 9.17) is 4.74 Å². The van der Waals surface area contributed by atoms with Crippen molar-refractivity contribution < 1.29 is 30.0 Å². The number of esters is 1. The number of aromatic hydroxyl groups is 4. The third-order valence-electron chi connectivity index (χ3n) is 7.68. The van der Waals surface area contributed by atoms with Gasteiger partial charge in [-0.1, -0.05) is 77.4 Å². The molecule has 1 unspecified atom stereocenters. The number of hydrogen-bond acceptors (Lipinski definition) is 6. The Hall–Kier alpha value is -3.15. The van der Waals surface area contributed by atoms with E-state index in [1.807, 2.05) is 0 Å². The number of phenolic OH excluding ortho intramolecular Hbond substituents is 4. The van der Waals surface area contributed by atoms with Gasteiger partial charge in [0.25, 0.3) is 0 Å². The van der Waals surface area contributed by atoms with Crippen LogP contribution in [0.2, 0.25) is 0 Å². The van der Waals surface area contributed by atoms with Crippen LogP contribution < -0.4 is 0 Å². The molecule has 6 heteroatoms. The third kappa shape index (κ3) is 14.2. The van der Waals surface area contributed by atoms with Crippen molar-refractivity contribution in [3.05, 3.63) is 59.2 Å². The zero-order valence-corrected chi connectivity index (χ0v) is 26.0. The van der Waals surface area contributed by atoms with Crippen LogP contribution in [0, 0.1) is 0 Å². The average Bonchev–Trinajstić information content (AvgIpc) is 2.93. The lowest BCUT2D eigenvalue weighted by molar-refractivity contribution is 0.0245. The highest BCUT2D eigenvalue weighted by molar-refractivity contribution is 5.94. The summed E-state index contributed by atoms with van der Waals surface area (Å²) in [5.41, 5.74) is 1.77. The van der Waals surface area contributed by atoms with Crippen molar-refractivity contribution in [2.75, 3.05) is 0 Å². The number of phenols is 4. The summed E-state index contributed by atoms with van der Waals surface area (Å²) in [4.78, 5) is 13.3. The van der Waals surface area contributed by atoms with Gasteiger partial charge < -0.3 is 25.2 Å². The highest BCUT2D eigenvalue weighted by atomic mass is 16.5. The second-order valence-corrected chi connectivity index (χ2v) is 11.5. The number of carbonyl (C=O) groups is 1. The molecule has 0 aliphatic carbocycles. The van der Waals surface area contributed by atoms with Gasteiger partial charge in [-0.05, 0) is 93.5 Å². The topological polar surface area (TPSA) is 107 Å². The van der Waals surface area contributed by atoms with E-state index in [1.165, 1.54) is 18.6 Å². The molecule has 234 valence electrons. The van der Waals surface area contributed by atoms with Crippen LogP contribution in [0.5, 0.6) is 23.0 Å². The predicted octanol–water partition coefficient (Wildman–Crippen LogP) is 9.66. The van der Waals surface area contributed by atoms with Gasteiger partial charge in [0.05, 0.1) is 0 Å². The molecule has 0 amide bonds. The van der Waals surface area contributed by atoms with E-state index in [-0.39, 0.29) is 34.7 Å². The number of hydrogen-bond donors (Lipinski definition) is 4. The van der Waals surface area contributed by atoms with Crippen LogP contribution in [0.15, 0.2) is 42.5 Å². The van der Waals surface area contributed by atoms with Gasteiger partial charge in [-0.15, -0.1) is 0 Å². The van der Waals surface area contributed by atoms with Crippen LogP contribution in [0.1, 0.15) is 138 Å². The summed E-state index contributed by atoms with van der Waals surface area (Å²) in [7, 11) is 0. The van der Waals surface area contributed by atoms with Gasteiger partial charge in [0.2, 0.25) is 0 Å². The molecule has 0 aromatic heterocycles. The second-order valence-electron chi connectivity index (χ2n) is 11.5. The van der Waals surface area contributed by atoms with E-state index in [2.05, 4.69) is 26.0 Å². The normalized spacial score (nSPS) is 12.1. The first-order valence-electron chi connectivity index (χ1n) is 16.3. The molecule has 2 rings (SSSR count). The number of unbranched alkanes of at least 4 members (excludes halogenated alkanes) is 10. The lowest BCUT2D eigenvalue weighted by Gasteiger charge is -2.20. The maximum absolute atomic E-state index is 13.3. The highest BCUT2D eigenvalue weighted by Crippen LogP contribution is 2.30. The Morgan fingerprint density at radius 3 is 1.98 bits per heavy atom. The Morgan fingerprint density at radius 2 is 1.26 bits per heavy atom. The van der Waals surface area contributed by atoms with Gasteiger partial charge in [-0.3, -0.25) is 0 Å². The minimum atomic E-state index is -0.501. The molecule has 2 aromatic rings. The fourth-order valence-electron chi connectivity index (χ4n) is 5.37. The summed E-state index contributed by atoms with van der Waals surface area (Å²) in [5.74, 6) is -0.577. The van der Waals surface area contributed by atoms with E-state index < -0.39 is 5.97 Å². The molecule has 0 saturated heterocycles. The van der Waals surface area contributed by atoms with Crippen molar-refractivity contribution in [2.45, 2.75) is 136 Å². The molecule has 0 spiro atoms. The largest absolute Gasteiger partial charge is 0.508 e. The Morgan fingerprint density at radius 1 is 0.667 bits per heavy atom. The molecule has 2 aromatic carbocycles. The molecular formula is C36H54O6. The maximum Gasteiger partial charge on any atom is 0.342 e. The van der Waals surface area contributed by atoms with Crippen LogP contribution in [0.3, 0.4) is 0 Å². The smallest absolute Gasteiger partial charge is 0.342 e. The summed E-state index contributed by atoms with van der Waals surface area (Å²) in [5, 5.41) is 39.9. The SMILES string of the molecule is CCC/C=C/CCCCCCc1cc(O)cc(O)c1C(=O)OC(CCCC)CCCCCCCc1cc(O)cc(O)c1. The Labute approximate surface area is 253 Å². The van der Waals surface area contributed by atoms with Crippen molar-refractivity contribution in [3.8, 4) is 23.0 Å². The van der Waals surface area contributed by atoms with Gasteiger partial charge in [0.1, 0.15) is 34.7 Å². The molecule has 0 radical (unpaired) electrons. The monoisotopic (exact) mass is 582 g/mol. The summed E-state index contributed by atoms with van der Waals surface area (Å²) in [6.45, 7) is 4.30. The molecule has 0 heterocycles. The van der Waals surface area contributed by atoms with E-state index in [0.717, 1.165) is 108 Å². The Bertz CT molecular complexity index is 1060. The first-order chi connectivity index (χ1) is 20.3. The van der Waals surface area contributed by atoms with Gasteiger partial charge in [-0.2, -0.15) is 0 Å². The number of allylic oxidation sites excluding steroid dienone is 2. The summed E-state index contributed by atoms with van der Waals surface area (Å²) < 4.78 is 5.96. The van der Waals surface area contributed by atoms with Crippen LogP contribution in [-0.2, 0) is 17.6 Å². The molecule has 4 N–H and O–H groups in total. The number of ether oxygens (including phenoxy) is 1. The van der Waals surface area contributed by atoms with Crippen molar-refractivity contribution in [2.24, 2.45) is 0 Å². The molecule has 0 saturated carbocycles. The van der Waals surface area contributed by atoms with Gasteiger partial charge in [-0.25, -0.2) is 4.79 Å². The molecule has 1 atom stereocenters. The van der Waals surface area contributed by atoms with Crippen molar-refractivity contribution in [1.82, 2.24) is 0 Å². The number of rotatable bonds is 22. The summed E-state index contributed by atoms with van der Waals surface area (Å²) in [6, 6.07) is 7.53. The first-order valence-corrected chi connectivity index (χ1v) is 16.3. The summed E-state index contributed by atoms with van der Waals surface area (Å²) >= 11 is 0. The Balaban J connectivity index is 1.82. The van der Waals surface area contributed by atoms with Crippen molar-refractivity contribution >= 4 is 5.97 Å². The highest BCUT2D eigenvalue weighted by Gasteiger charge is 2.22. The minimum Gasteiger partial charge on any atom is -0.508 e. The maximum atomic E-state index is 13.3. The zero-order chi connectivity index (χ0) is 30.6. The van der Waals surface area contributed by atoms with Crippen molar-refractivity contribution in [1.29, 1.82) is 0 Å². The van der Waals surface area contributed by atoms with Gasteiger partial charge >= 0.3 is 5.97 Å². The predicted molar refractivity (Wildman–Crippen MR) is 171 cm³/mol. The zero-order valence-electron chi connectivity index (χ0n) is 26.0. The third-order valence-corrected chi connectivity index (χ3v) is 7.68. The van der Waals surface area contributed by atoms with Gasteiger partial charge in [0.15, 0.2) is 0 Å². The molecule has 42 heavy (non-hydrogen) atoms. The van der Waals surface area contributed by atoms with E-state index in [9.17, 15) is 25.2 Å². The molecule has 0 aliphatic rings. The minimum absolute atomic E-state index is 0.0384. The van der Waals surface area contributed by atoms with Crippen LogP contribution >= 0.6 is 0 Å². The van der Waals surface area contributed by atoms with Gasteiger partial charge in [0, 0.05) is 12.1 Å². The number of aryl methyl sites for hydroxylation is 2. The number of benzene rings is 2. The van der Waals surface area contributed by atoms with Crippen molar-refractivity contribution in [3.63, 3.8) is 0 Å². The molecule has 0 bridgehead atoms. The van der Waals surface area contributed by atoms with Crippen LogP contribution in [0.4, 0.5) is 0 Å². The fourth-order valence-corrected chi connectivity index (χ4v) is 5.37. The Kier molecular flexibility index (Phi) is 17.3. The lowest BCUT2D eigenvalue weighted by atomic mass is 9.98. The second kappa shape index (κ2) is 20.7. The summed E-state index contributed by atoms with van der Waals surface area (Å²) in [6.07, 6.45) is 21.9. The fraction of sp³-hybridized carbons (Fsp3) is 0.583. The molecule has 0 fully saturated rings. The first kappa shape index (κ1) is 35.0.